The van der Waals surface area contributed by atoms with E-state index in [9.17, 15) is 9.59 Å². The molecule has 0 aliphatic carbocycles. The Hall–Kier alpha value is -2.31. The summed E-state index contributed by atoms with van der Waals surface area (Å²) in [6.45, 7) is 2.09. The molecule has 0 aliphatic heterocycles. The van der Waals surface area contributed by atoms with Crippen LogP contribution in [-0.4, -0.2) is 23.5 Å². The van der Waals surface area contributed by atoms with Crippen LogP contribution >= 0.6 is 23.2 Å². The predicted octanol–water partition coefficient (Wildman–Crippen LogP) is 3.85. The molecule has 0 atom stereocenters. The standard InChI is InChI=1S/C16H16Cl2N4O2/c1-10-2-3-14(20-9-10)22-15(23)4-5-19-16(24)21-13-7-11(17)6-12(18)8-13/h2-3,6-9H,4-5H2,1H3,(H2,19,21,24)(H,20,22,23). The minimum absolute atomic E-state index is 0.124. The molecule has 6 nitrogen and oxygen atoms in total. The van der Waals surface area contributed by atoms with Crippen molar-refractivity contribution in [3.8, 4) is 0 Å². The predicted molar refractivity (Wildman–Crippen MR) is 95.7 cm³/mol. The summed E-state index contributed by atoms with van der Waals surface area (Å²) in [4.78, 5) is 27.6. The van der Waals surface area contributed by atoms with Gasteiger partial charge in [-0.3, -0.25) is 4.79 Å². The van der Waals surface area contributed by atoms with Crippen molar-refractivity contribution in [2.45, 2.75) is 13.3 Å². The van der Waals surface area contributed by atoms with E-state index in [-0.39, 0.29) is 18.9 Å². The molecule has 1 heterocycles. The van der Waals surface area contributed by atoms with Gasteiger partial charge in [0, 0.05) is 34.9 Å². The van der Waals surface area contributed by atoms with Gasteiger partial charge in [0.1, 0.15) is 5.82 Å². The number of aromatic nitrogens is 1. The van der Waals surface area contributed by atoms with Crippen LogP contribution in [0.5, 0.6) is 0 Å². The molecule has 0 saturated carbocycles. The second kappa shape index (κ2) is 8.52. The maximum absolute atomic E-state index is 11.8. The van der Waals surface area contributed by atoms with Gasteiger partial charge in [0.05, 0.1) is 0 Å². The second-order valence-corrected chi connectivity index (χ2v) is 5.93. The Balaban J connectivity index is 1.73. The van der Waals surface area contributed by atoms with E-state index in [1.54, 1.807) is 30.5 Å². The Kier molecular flexibility index (Phi) is 6.40. The summed E-state index contributed by atoms with van der Waals surface area (Å²) in [6, 6.07) is 7.83. The van der Waals surface area contributed by atoms with Gasteiger partial charge in [-0.05, 0) is 36.8 Å². The Morgan fingerprint density at radius 1 is 1.08 bits per heavy atom. The highest BCUT2D eigenvalue weighted by Crippen LogP contribution is 2.22. The SMILES string of the molecule is Cc1ccc(NC(=O)CCNC(=O)Nc2cc(Cl)cc(Cl)c2)nc1. The molecular weight excluding hydrogens is 351 g/mol. The first-order chi connectivity index (χ1) is 11.4. The lowest BCUT2D eigenvalue weighted by Crippen LogP contribution is -2.31. The number of carbonyl (C=O) groups is 2. The van der Waals surface area contributed by atoms with Gasteiger partial charge in [0.15, 0.2) is 0 Å². The van der Waals surface area contributed by atoms with Crippen molar-refractivity contribution in [3.63, 3.8) is 0 Å². The molecule has 1 aromatic heterocycles. The number of hydrogen-bond acceptors (Lipinski definition) is 3. The molecule has 1 aromatic carbocycles. The summed E-state index contributed by atoms with van der Waals surface area (Å²) in [5.41, 5.74) is 1.48. The molecule has 126 valence electrons. The molecule has 2 rings (SSSR count). The molecule has 0 unspecified atom stereocenters. The van der Waals surface area contributed by atoms with Crippen molar-refractivity contribution < 1.29 is 9.59 Å². The maximum Gasteiger partial charge on any atom is 0.319 e. The fraction of sp³-hybridized carbons (Fsp3) is 0.188. The van der Waals surface area contributed by atoms with Crippen LogP contribution in [0.3, 0.4) is 0 Å². The molecule has 8 heteroatoms. The van der Waals surface area contributed by atoms with Gasteiger partial charge in [-0.2, -0.15) is 0 Å². The number of benzene rings is 1. The van der Waals surface area contributed by atoms with Crippen molar-refractivity contribution in [1.82, 2.24) is 10.3 Å². The summed E-state index contributed by atoms with van der Waals surface area (Å²) in [6.07, 6.45) is 1.79. The molecule has 24 heavy (non-hydrogen) atoms. The van der Waals surface area contributed by atoms with Crippen LogP contribution in [0.4, 0.5) is 16.3 Å². The molecule has 0 radical (unpaired) electrons. The highest BCUT2D eigenvalue weighted by atomic mass is 35.5. The number of carbonyl (C=O) groups excluding carboxylic acids is 2. The van der Waals surface area contributed by atoms with Crippen molar-refractivity contribution in [1.29, 1.82) is 0 Å². The summed E-state index contributed by atoms with van der Waals surface area (Å²) in [5, 5.41) is 8.66. The number of hydrogen-bond donors (Lipinski definition) is 3. The van der Waals surface area contributed by atoms with E-state index in [0.29, 0.717) is 21.6 Å². The summed E-state index contributed by atoms with van der Waals surface area (Å²) in [7, 11) is 0. The number of anilines is 2. The van der Waals surface area contributed by atoms with E-state index in [1.807, 2.05) is 13.0 Å². The van der Waals surface area contributed by atoms with Crippen molar-refractivity contribution in [2.24, 2.45) is 0 Å². The highest BCUT2D eigenvalue weighted by Gasteiger charge is 2.06. The lowest BCUT2D eigenvalue weighted by Gasteiger charge is -2.09. The Morgan fingerprint density at radius 3 is 2.42 bits per heavy atom. The molecule has 0 spiro atoms. The maximum atomic E-state index is 11.8. The summed E-state index contributed by atoms with van der Waals surface area (Å²) < 4.78 is 0. The van der Waals surface area contributed by atoms with Crippen LogP contribution < -0.4 is 16.0 Å². The zero-order valence-corrected chi connectivity index (χ0v) is 14.4. The van der Waals surface area contributed by atoms with Gasteiger partial charge in [-0.1, -0.05) is 29.3 Å². The first kappa shape index (κ1) is 18.0. The second-order valence-electron chi connectivity index (χ2n) is 5.06. The molecule has 0 fully saturated rings. The van der Waals surface area contributed by atoms with Gasteiger partial charge in [-0.25, -0.2) is 9.78 Å². The Bertz CT molecular complexity index is 715. The molecule has 3 amide bonds. The Morgan fingerprint density at radius 2 is 1.79 bits per heavy atom. The fourth-order valence-electron chi connectivity index (χ4n) is 1.84. The van der Waals surface area contributed by atoms with Crippen LogP contribution in [0, 0.1) is 6.92 Å². The lowest BCUT2D eigenvalue weighted by atomic mass is 10.3. The van der Waals surface area contributed by atoms with E-state index >= 15 is 0 Å². The van der Waals surface area contributed by atoms with E-state index in [1.165, 1.54) is 0 Å². The van der Waals surface area contributed by atoms with Gasteiger partial charge in [0.25, 0.3) is 0 Å². The minimum atomic E-state index is -0.449. The van der Waals surface area contributed by atoms with E-state index in [2.05, 4.69) is 20.9 Å². The smallest absolute Gasteiger partial charge is 0.319 e. The van der Waals surface area contributed by atoms with E-state index in [4.69, 9.17) is 23.2 Å². The number of nitrogens with zero attached hydrogens (tertiary/aromatic N) is 1. The molecule has 0 saturated heterocycles. The lowest BCUT2D eigenvalue weighted by molar-refractivity contribution is -0.116. The number of pyridine rings is 1. The van der Waals surface area contributed by atoms with Crippen LogP contribution in [0.1, 0.15) is 12.0 Å². The first-order valence-corrected chi connectivity index (χ1v) is 7.91. The zero-order valence-electron chi connectivity index (χ0n) is 12.9. The van der Waals surface area contributed by atoms with Gasteiger partial charge < -0.3 is 16.0 Å². The normalized spacial score (nSPS) is 10.1. The average molecular weight is 367 g/mol. The van der Waals surface area contributed by atoms with E-state index < -0.39 is 6.03 Å². The molecule has 0 aliphatic rings. The minimum Gasteiger partial charge on any atom is -0.337 e. The number of nitrogens with one attached hydrogen (secondary N) is 3. The topological polar surface area (TPSA) is 83.1 Å². The number of halogens is 2. The number of aryl methyl sites for hydroxylation is 1. The average Bonchev–Trinajstić information content (AvgIpc) is 2.48. The van der Waals surface area contributed by atoms with Crippen LogP contribution in [0.25, 0.3) is 0 Å². The van der Waals surface area contributed by atoms with Crippen LogP contribution in [0.15, 0.2) is 36.5 Å². The van der Waals surface area contributed by atoms with Crippen LogP contribution in [-0.2, 0) is 4.79 Å². The molecule has 3 N–H and O–H groups in total. The quantitative estimate of drug-likeness (QED) is 0.751. The van der Waals surface area contributed by atoms with Gasteiger partial charge >= 0.3 is 6.03 Å². The first-order valence-electron chi connectivity index (χ1n) is 7.16. The highest BCUT2D eigenvalue weighted by molar-refractivity contribution is 6.35. The number of amides is 3. The fourth-order valence-corrected chi connectivity index (χ4v) is 2.36. The summed E-state index contributed by atoms with van der Waals surface area (Å²) >= 11 is 11.7. The molecule has 0 bridgehead atoms. The van der Waals surface area contributed by atoms with E-state index in [0.717, 1.165) is 5.56 Å². The third-order valence-electron chi connectivity index (χ3n) is 2.94. The van der Waals surface area contributed by atoms with Crippen molar-refractivity contribution in [3.05, 3.63) is 52.1 Å². The monoisotopic (exact) mass is 366 g/mol. The number of urea groups is 1. The summed E-state index contributed by atoms with van der Waals surface area (Å²) in [5.74, 6) is 0.237. The van der Waals surface area contributed by atoms with Gasteiger partial charge in [0.2, 0.25) is 5.91 Å². The molecular formula is C16H16Cl2N4O2. The van der Waals surface area contributed by atoms with Crippen LogP contribution in [0.2, 0.25) is 10.0 Å². The zero-order chi connectivity index (χ0) is 17.5. The molecule has 2 aromatic rings. The number of rotatable bonds is 5. The largest absolute Gasteiger partial charge is 0.337 e. The van der Waals surface area contributed by atoms with Crippen molar-refractivity contribution in [2.75, 3.05) is 17.2 Å². The van der Waals surface area contributed by atoms with Gasteiger partial charge in [-0.15, -0.1) is 0 Å². The third-order valence-corrected chi connectivity index (χ3v) is 3.37. The Labute approximate surface area is 149 Å². The third kappa shape index (κ3) is 6.06. The van der Waals surface area contributed by atoms with Crippen molar-refractivity contribution >= 4 is 46.6 Å².